The zero-order chi connectivity index (χ0) is 20.5. The summed E-state index contributed by atoms with van der Waals surface area (Å²) >= 11 is 0. The zero-order valence-corrected chi connectivity index (χ0v) is 16.3. The summed E-state index contributed by atoms with van der Waals surface area (Å²) in [5.74, 6) is 0.239. The summed E-state index contributed by atoms with van der Waals surface area (Å²) in [4.78, 5) is 57.0. The van der Waals surface area contributed by atoms with Crippen LogP contribution in [0.2, 0.25) is 0 Å². The molecular formula is C19H28N4O4. The molecule has 148 valence electrons. The fourth-order valence-corrected chi connectivity index (χ4v) is 3.42. The van der Waals surface area contributed by atoms with Gasteiger partial charge in [0.1, 0.15) is 0 Å². The maximum atomic E-state index is 11.0. The molecule has 0 saturated carbocycles. The minimum atomic E-state index is -0.499. The predicted molar refractivity (Wildman–Crippen MR) is 100 cm³/mol. The minimum Gasteiger partial charge on any atom is -0.211 e. The monoisotopic (exact) mass is 376 g/mol. The fraction of sp³-hybridized carbons (Fsp3) is 0.789. The molecular weight excluding hydrogens is 348 g/mol. The summed E-state index contributed by atoms with van der Waals surface area (Å²) in [6, 6.07) is -0.963. The highest BCUT2D eigenvalue weighted by Gasteiger charge is 2.36. The van der Waals surface area contributed by atoms with Crippen molar-refractivity contribution in [2.75, 3.05) is 13.1 Å². The van der Waals surface area contributed by atoms with E-state index in [-0.39, 0.29) is 5.92 Å². The molecule has 3 atom stereocenters. The van der Waals surface area contributed by atoms with Crippen LogP contribution in [0, 0.1) is 11.3 Å². The topological polar surface area (TPSA) is 118 Å². The second-order valence-corrected chi connectivity index (χ2v) is 7.33. The van der Waals surface area contributed by atoms with Crippen LogP contribution < -0.4 is 0 Å². The number of carbonyl (C=O) groups excluding carboxylic acids is 4. The lowest BCUT2D eigenvalue weighted by Crippen LogP contribution is -2.38. The van der Waals surface area contributed by atoms with Gasteiger partial charge >= 0.3 is 0 Å². The summed E-state index contributed by atoms with van der Waals surface area (Å²) in [5, 5.41) is 0. The molecule has 0 bridgehead atoms. The van der Waals surface area contributed by atoms with E-state index < -0.39 is 17.5 Å². The van der Waals surface area contributed by atoms with E-state index >= 15 is 0 Å². The number of nitrogens with zero attached hydrogens (tertiary/aromatic N) is 4. The molecule has 0 N–H and O–H groups in total. The Morgan fingerprint density at radius 3 is 2.00 bits per heavy atom. The van der Waals surface area contributed by atoms with Crippen molar-refractivity contribution in [3.63, 3.8) is 0 Å². The van der Waals surface area contributed by atoms with Crippen molar-refractivity contribution < 1.29 is 19.2 Å². The molecule has 0 fully saturated rings. The highest BCUT2D eigenvalue weighted by atomic mass is 16.1. The molecule has 0 radical (unpaired) electrons. The third-order valence-electron chi connectivity index (χ3n) is 4.58. The molecule has 0 saturated heterocycles. The Kier molecular flexibility index (Phi) is 13.3. The fourth-order valence-electron chi connectivity index (χ4n) is 3.42. The summed E-state index contributed by atoms with van der Waals surface area (Å²) in [7, 11) is 0. The largest absolute Gasteiger partial charge is 0.235 e. The molecule has 0 aromatic carbocycles. The third-order valence-corrected chi connectivity index (χ3v) is 4.58. The van der Waals surface area contributed by atoms with Gasteiger partial charge < -0.3 is 0 Å². The molecule has 8 nitrogen and oxygen atoms in total. The van der Waals surface area contributed by atoms with Gasteiger partial charge in [0.05, 0.1) is 25.2 Å². The lowest BCUT2D eigenvalue weighted by atomic mass is 9.73. The molecule has 0 rings (SSSR count). The van der Waals surface area contributed by atoms with E-state index in [9.17, 15) is 19.2 Å². The van der Waals surface area contributed by atoms with Crippen LogP contribution in [0.3, 0.4) is 0 Å². The van der Waals surface area contributed by atoms with Crippen LogP contribution in [0.4, 0.5) is 0 Å². The van der Waals surface area contributed by atoms with Crippen molar-refractivity contribution in [1.29, 1.82) is 0 Å². The quantitative estimate of drug-likeness (QED) is 0.248. The van der Waals surface area contributed by atoms with E-state index in [2.05, 4.69) is 20.0 Å². The lowest BCUT2D eigenvalue weighted by Gasteiger charge is -2.36. The molecule has 3 unspecified atom stereocenters. The molecule has 0 spiro atoms. The second-order valence-electron chi connectivity index (χ2n) is 7.33. The van der Waals surface area contributed by atoms with Crippen molar-refractivity contribution in [1.82, 2.24) is 0 Å². The Balaban J connectivity index is 5.04. The van der Waals surface area contributed by atoms with E-state index in [1.807, 2.05) is 20.8 Å². The molecule has 8 heteroatoms. The maximum absolute atomic E-state index is 11.0. The van der Waals surface area contributed by atoms with E-state index in [4.69, 9.17) is 0 Å². The normalized spacial score (nSPS) is 13.7. The predicted octanol–water partition coefficient (Wildman–Crippen LogP) is 3.07. The Bertz CT molecular complexity index is 624. The Labute approximate surface area is 160 Å². The van der Waals surface area contributed by atoms with E-state index in [1.54, 1.807) is 12.2 Å². The SMILES string of the molecule is CC(CCN=C=O)CC(C)(C)C(N=C=O)C(CCCCCN=C=O)N=C=O. The molecule has 0 aliphatic rings. The summed E-state index contributed by atoms with van der Waals surface area (Å²) in [5.41, 5.74) is -0.408. The van der Waals surface area contributed by atoms with Gasteiger partial charge in [0.2, 0.25) is 24.3 Å². The van der Waals surface area contributed by atoms with Crippen LogP contribution in [0.15, 0.2) is 20.0 Å². The van der Waals surface area contributed by atoms with Gasteiger partial charge in [-0.1, -0.05) is 33.6 Å². The van der Waals surface area contributed by atoms with Gasteiger partial charge in [0.25, 0.3) is 0 Å². The average molecular weight is 376 g/mol. The molecule has 0 heterocycles. The Hall–Kier alpha value is -2.48. The first-order chi connectivity index (χ1) is 12.9. The number of rotatable bonds is 15. The maximum Gasteiger partial charge on any atom is 0.235 e. The first kappa shape index (κ1) is 24.5. The van der Waals surface area contributed by atoms with Crippen LogP contribution >= 0.6 is 0 Å². The van der Waals surface area contributed by atoms with Crippen LogP contribution in [0.5, 0.6) is 0 Å². The van der Waals surface area contributed by atoms with Crippen LogP contribution in [-0.4, -0.2) is 49.5 Å². The Morgan fingerprint density at radius 2 is 1.41 bits per heavy atom. The second kappa shape index (κ2) is 14.7. The Morgan fingerprint density at radius 1 is 0.778 bits per heavy atom. The van der Waals surface area contributed by atoms with Crippen molar-refractivity contribution in [2.24, 2.45) is 31.3 Å². The van der Waals surface area contributed by atoms with E-state index in [0.717, 1.165) is 32.1 Å². The van der Waals surface area contributed by atoms with Crippen LogP contribution in [0.1, 0.15) is 59.3 Å². The summed E-state index contributed by atoms with van der Waals surface area (Å²) in [6.07, 6.45) is 10.6. The number of aliphatic imine (C=N–C) groups is 4. The lowest BCUT2D eigenvalue weighted by molar-refractivity contribution is 0.193. The highest BCUT2D eigenvalue weighted by Crippen LogP contribution is 2.36. The van der Waals surface area contributed by atoms with Gasteiger partial charge in [-0.2, -0.15) is 4.99 Å². The molecule has 0 aliphatic heterocycles. The summed E-state index contributed by atoms with van der Waals surface area (Å²) in [6.45, 7) is 6.82. The number of isocyanates is 4. The van der Waals surface area contributed by atoms with Crippen molar-refractivity contribution in [3.8, 4) is 0 Å². The zero-order valence-electron chi connectivity index (χ0n) is 16.3. The molecule has 0 aromatic rings. The molecule has 0 aromatic heterocycles. The van der Waals surface area contributed by atoms with E-state index in [0.29, 0.717) is 19.5 Å². The number of hydrogen-bond donors (Lipinski definition) is 0. The van der Waals surface area contributed by atoms with Gasteiger partial charge in [-0.25, -0.2) is 34.2 Å². The van der Waals surface area contributed by atoms with Crippen LogP contribution in [0.25, 0.3) is 0 Å². The van der Waals surface area contributed by atoms with E-state index in [1.165, 1.54) is 12.2 Å². The average Bonchev–Trinajstić information content (AvgIpc) is 2.61. The first-order valence-corrected chi connectivity index (χ1v) is 9.14. The van der Waals surface area contributed by atoms with Gasteiger partial charge in [-0.05, 0) is 37.0 Å². The summed E-state index contributed by atoms with van der Waals surface area (Å²) < 4.78 is 0. The van der Waals surface area contributed by atoms with Crippen LogP contribution in [-0.2, 0) is 19.2 Å². The first-order valence-electron chi connectivity index (χ1n) is 9.14. The number of unbranched alkanes of at least 4 members (excludes halogenated alkanes) is 2. The molecule has 0 amide bonds. The van der Waals surface area contributed by atoms with Crippen molar-refractivity contribution in [3.05, 3.63) is 0 Å². The standard InChI is InChI=1S/C19H28N4O4/c1-16(8-10-21-13-25)11-19(2,3)18(23-15-27)17(22-14-26)7-5-4-6-9-20-12-24/h16-18H,4-11H2,1-3H3. The van der Waals surface area contributed by atoms with Crippen molar-refractivity contribution in [2.45, 2.75) is 71.4 Å². The van der Waals surface area contributed by atoms with Gasteiger partial charge in [-0.3, -0.25) is 0 Å². The minimum absolute atomic E-state index is 0.239. The third kappa shape index (κ3) is 11.0. The highest BCUT2D eigenvalue weighted by molar-refractivity contribution is 5.36. The van der Waals surface area contributed by atoms with Gasteiger partial charge in [0.15, 0.2) is 0 Å². The molecule has 0 aliphatic carbocycles. The van der Waals surface area contributed by atoms with Gasteiger partial charge in [0, 0.05) is 0 Å². The smallest absolute Gasteiger partial charge is 0.211 e. The molecule has 27 heavy (non-hydrogen) atoms. The van der Waals surface area contributed by atoms with Gasteiger partial charge in [-0.15, -0.1) is 0 Å². The van der Waals surface area contributed by atoms with Crippen molar-refractivity contribution >= 4 is 24.3 Å². The number of hydrogen-bond acceptors (Lipinski definition) is 8.